The summed E-state index contributed by atoms with van der Waals surface area (Å²) < 4.78 is 0. The Morgan fingerprint density at radius 3 is 2.64 bits per heavy atom. The highest BCUT2D eigenvalue weighted by Gasteiger charge is 2.43. The average Bonchev–Trinajstić information content (AvgIpc) is 2.11. The van der Waals surface area contributed by atoms with Gasteiger partial charge in [-0.1, -0.05) is 32.1 Å². The second-order valence-corrected chi connectivity index (χ2v) is 4.66. The molecule has 0 aromatic carbocycles. The van der Waals surface area contributed by atoms with Gasteiger partial charge in [-0.2, -0.15) is 0 Å². The van der Waals surface area contributed by atoms with Crippen LogP contribution in [0, 0.1) is 5.41 Å². The Morgan fingerprint density at radius 2 is 2.14 bits per heavy atom. The van der Waals surface area contributed by atoms with Gasteiger partial charge >= 0.3 is 0 Å². The summed E-state index contributed by atoms with van der Waals surface area (Å²) >= 11 is 0. The van der Waals surface area contributed by atoms with E-state index in [1.165, 1.54) is 0 Å². The fourth-order valence-corrected chi connectivity index (χ4v) is 2.11. The second kappa shape index (κ2) is 3.87. The van der Waals surface area contributed by atoms with Crippen molar-refractivity contribution in [1.29, 1.82) is 0 Å². The first kappa shape index (κ1) is 11.5. The van der Waals surface area contributed by atoms with Crippen molar-refractivity contribution in [3.05, 3.63) is 23.8 Å². The van der Waals surface area contributed by atoms with Crippen molar-refractivity contribution in [2.24, 2.45) is 5.41 Å². The zero-order valence-corrected chi connectivity index (χ0v) is 9.25. The fraction of sp³-hybridized carbons (Fsp3) is 0.667. The quantitative estimate of drug-likeness (QED) is 0.663. The number of hydrogen-bond acceptors (Lipinski definition) is 2. The summed E-state index contributed by atoms with van der Waals surface area (Å²) in [6, 6.07) is 0. The lowest BCUT2D eigenvalue weighted by Crippen LogP contribution is -2.46. The van der Waals surface area contributed by atoms with Crippen molar-refractivity contribution < 1.29 is 10.2 Å². The third-order valence-electron chi connectivity index (χ3n) is 3.32. The first-order chi connectivity index (χ1) is 6.44. The second-order valence-electron chi connectivity index (χ2n) is 4.66. The molecule has 0 aromatic heterocycles. The first-order valence-corrected chi connectivity index (χ1v) is 5.12. The molecule has 0 aromatic rings. The third-order valence-corrected chi connectivity index (χ3v) is 3.32. The molecule has 14 heavy (non-hydrogen) atoms. The molecule has 1 unspecified atom stereocenters. The highest BCUT2D eigenvalue weighted by Crippen LogP contribution is 2.44. The molecule has 0 radical (unpaired) electrons. The smallest absolute Gasteiger partial charge is 0.109 e. The lowest BCUT2D eigenvalue weighted by molar-refractivity contribution is -0.00406. The minimum atomic E-state index is -0.895. The van der Waals surface area contributed by atoms with Crippen LogP contribution in [0.2, 0.25) is 0 Å². The molecule has 0 fully saturated rings. The number of aliphatic hydroxyl groups excluding tert-OH is 1. The zero-order valence-electron chi connectivity index (χ0n) is 9.25. The Balaban J connectivity index is 3.05. The molecule has 0 saturated heterocycles. The van der Waals surface area contributed by atoms with Crippen molar-refractivity contribution in [3.8, 4) is 0 Å². The van der Waals surface area contributed by atoms with Crippen LogP contribution >= 0.6 is 0 Å². The van der Waals surface area contributed by atoms with Gasteiger partial charge in [0.2, 0.25) is 0 Å². The Kier molecular flexibility index (Phi) is 3.17. The third kappa shape index (κ3) is 1.77. The van der Waals surface area contributed by atoms with Gasteiger partial charge in [0.25, 0.3) is 0 Å². The normalized spacial score (nSPS) is 31.9. The first-order valence-electron chi connectivity index (χ1n) is 5.12. The molecule has 2 nitrogen and oxygen atoms in total. The molecular weight excluding hydrogens is 176 g/mol. The lowest BCUT2D eigenvalue weighted by Gasteiger charge is -2.44. The van der Waals surface area contributed by atoms with Gasteiger partial charge in [-0.25, -0.2) is 0 Å². The summed E-state index contributed by atoms with van der Waals surface area (Å²) in [6.07, 6.45) is 7.40. The summed E-state index contributed by atoms with van der Waals surface area (Å²) in [6.45, 7) is 6.05. The molecule has 0 spiro atoms. The van der Waals surface area contributed by atoms with Crippen LogP contribution in [0.25, 0.3) is 0 Å². The highest BCUT2D eigenvalue weighted by molar-refractivity contribution is 5.30. The van der Waals surface area contributed by atoms with E-state index in [0.29, 0.717) is 0 Å². The predicted octanol–water partition coefficient (Wildman–Crippen LogP) is 2.03. The molecule has 0 saturated carbocycles. The topological polar surface area (TPSA) is 40.5 Å². The average molecular weight is 196 g/mol. The molecule has 1 aliphatic rings. The maximum absolute atomic E-state index is 10.5. The molecule has 0 heterocycles. The van der Waals surface area contributed by atoms with E-state index >= 15 is 0 Å². The Hall–Kier alpha value is -0.600. The fourth-order valence-electron chi connectivity index (χ4n) is 2.11. The number of hydrogen-bond donors (Lipinski definition) is 2. The molecule has 2 N–H and O–H groups in total. The van der Waals surface area contributed by atoms with Crippen LogP contribution in [0.1, 0.15) is 33.6 Å². The maximum Gasteiger partial charge on any atom is 0.109 e. The molecular formula is C12H20O2. The van der Waals surface area contributed by atoms with E-state index < -0.39 is 5.60 Å². The van der Waals surface area contributed by atoms with Crippen LogP contribution in [0.15, 0.2) is 23.8 Å². The number of rotatable bonds is 2. The van der Waals surface area contributed by atoms with Gasteiger partial charge in [-0.15, -0.1) is 0 Å². The van der Waals surface area contributed by atoms with Crippen molar-refractivity contribution in [1.82, 2.24) is 0 Å². The molecule has 0 bridgehead atoms. The van der Waals surface area contributed by atoms with Crippen LogP contribution in [0.5, 0.6) is 0 Å². The van der Waals surface area contributed by atoms with Gasteiger partial charge < -0.3 is 10.2 Å². The minimum absolute atomic E-state index is 0.0222. The molecule has 80 valence electrons. The summed E-state index contributed by atoms with van der Waals surface area (Å²) in [5.74, 6) is 0. The van der Waals surface area contributed by atoms with Gasteiger partial charge in [0.15, 0.2) is 0 Å². The Bertz CT molecular complexity index is 263. The van der Waals surface area contributed by atoms with Crippen LogP contribution in [0.3, 0.4) is 0 Å². The van der Waals surface area contributed by atoms with E-state index in [0.717, 1.165) is 18.4 Å². The summed E-state index contributed by atoms with van der Waals surface area (Å²) in [7, 11) is 0. The van der Waals surface area contributed by atoms with Crippen LogP contribution < -0.4 is 0 Å². The van der Waals surface area contributed by atoms with Crippen molar-refractivity contribution >= 4 is 0 Å². The van der Waals surface area contributed by atoms with E-state index in [9.17, 15) is 5.11 Å². The summed E-state index contributed by atoms with van der Waals surface area (Å²) in [4.78, 5) is 0. The molecule has 0 amide bonds. The van der Waals surface area contributed by atoms with Gasteiger partial charge in [0, 0.05) is 5.41 Å². The van der Waals surface area contributed by atoms with Crippen LogP contribution in [-0.2, 0) is 0 Å². The zero-order chi connectivity index (χ0) is 10.8. The lowest BCUT2D eigenvalue weighted by atomic mass is 9.65. The van der Waals surface area contributed by atoms with Crippen molar-refractivity contribution in [2.45, 2.75) is 39.2 Å². The predicted molar refractivity (Wildman–Crippen MR) is 57.9 cm³/mol. The molecule has 1 aliphatic carbocycles. The van der Waals surface area contributed by atoms with E-state index in [2.05, 4.69) is 19.9 Å². The van der Waals surface area contributed by atoms with Gasteiger partial charge in [-0.3, -0.25) is 0 Å². The number of aliphatic hydroxyl groups is 2. The summed E-state index contributed by atoms with van der Waals surface area (Å²) in [5, 5.41) is 19.3. The van der Waals surface area contributed by atoms with Crippen molar-refractivity contribution in [3.63, 3.8) is 0 Å². The minimum Gasteiger partial charge on any atom is -0.392 e. The summed E-state index contributed by atoms with van der Waals surface area (Å²) in [5.41, 5.74) is -0.0654. The molecule has 1 atom stereocenters. The van der Waals surface area contributed by atoms with Gasteiger partial charge in [0.1, 0.15) is 5.60 Å². The maximum atomic E-state index is 10.5. The SMILES string of the molecule is CC1=CCCC(C)(C)C1(O)/C=C/CO. The Morgan fingerprint density at radius 1 is 1.50 bits per heavy atom. The molecule has 2 heteroatoms. The molecule has 1 rings (SSSR count). The molecule has 0 aliphatic heterocycles. The van der Waals surface area contributed by atoms with Crippen LogP contribution in [0.4, 0.5) is 0 Å². The van der Waals surface area contributed by atoms with E-state index in [1.54, 1.807) is 12.2 Å². The number of allylic oxidation sites excluding steroid dienone is 1. The van der Waals surface area contributed by atoms with Crippen molar-refractivity contribution in [2.75, 3.05) is 6.61 Å². The van der Waals surface area contributed by atoms with E-state index in [1.807, 2.05) is 6.92 Å². The van der Waals surface area contributed by atoms with Crippen LogP contribution in [-0.4, -0.2) is 22.4 Å². The Labute approximate surface area is 86.0 Å². The largest absolute Gasteiger partial charge is 0.392 e. The monoisotopic (exact) mass is 196 g/mol. The van der Waals surface area contributed by atoms with E-state index in [4.69, 9.17) is 5.11 Å². The van der Waals surface area contributed by atoms with Gasteiger partial charge in [-0.05, 0) is 25.3 Å². The van der Waals surface area contributed by atoms with E-state index in [-0.39, 0.29) is 12.0 Å². The van der Waals surface area contributed by atoms with Gasteiger partial charge in [0.05, 0.1) is 6.61 Å². The highest BCUT2D eigenvalue weighted by atomic mass is 16.3. The standard InChI is InChI=1S/C12H20O2/c1-10-6-4-7-11(2,3)12(10,14)8-5-9-13/h5-6,8,13-14H,4,7,9H2,1-3H3/b8-5+.